The van der Waals surface area contributed by atoms with E-state index in [0.717, 1.165) is 19.1 Å². The van der Waals surface area contributed by atoms with Crippen LogP contribution in [-0.4, -0.2) is 47.9 Å². The fourth-order valence-corrected chi connectivity index (χ4v) is 3.61. The van der Waals surface area contributed by atoms with Crippen LogP contribution >= 0.6 is 34.8 Å². The van der Waals surface area contributed by atoms with Crippen LogP contribution in [0.2, 0.25) is 15.1 Å². The number of benzene rings is 1. The van der Waals surface area contributed by atoms with Gasteiger partial charge in [-0.05, 0) is 0 Å². The molecule has 0 aliphatic heterocycles. The maximum atomic E-state index is 13.3. The molecule has 0 aliphatic rings. The average Bonchev–Trinajstić information content (AvgIpc) is 2.47. The Kier molecular flexibility index (Phi) is 8.17. The van der Waals surface area contributed by atoms with E-state index in [2.05, 4.69) is 7.37 Å². The van der Waals surface area contributed by atoms with Crippen LogP contribution in [0.1, 0.15) is 6.42 Å². The van der Waals surface area contributed by atoms with E-state index < -0.39 is 33.7 Å². The molecule has 0 unspecified atom stereocenters. The number of halogens is 4. The first-order valence-corrected chi connectivity index (χ1v) is 8.70. The number of hydrogen-bond acceptors (Lipinski definition) is 5. The molecule has 23 heavy (non-hydrogen) atoms. The van der Waals surface area contributed by atoms with Crippen LogP contribution in [0, 0.1) is 5.41 Å². The van der Waals surface area contributed by atoms with Crippen molar-refractivity contribution in [1.29, 1.82) is 5.41 Å². The summed E-state index contributed by atoms with van der Waals surface area (Å²) in [5, 5.41) is 6.70. The van der Waals surface area contributed by atoms with Gasteiger partial charge < -0.3 is 0 Å². The molecule has 124 valence electrons. The third kappa shape index (κ3) is 6.15. The summed E-state index contributed by atoms with van der Waals surface area (Å²) in [4.78, 5) is -0.401. The van der Waals surface area contributed by atoms with Crippen LogP contribution in [0.4, 0.5) is 4.39 Å². The summed E-state index contributed by atoms with van der Waals surface area (Å²) in [7, 11) is 0.0204. The Morgan fingerprint density at radius 2 is 1.91 bits per heavy atom. The second-order valence-electron chi connectivity index (χ2n) is 4.29. The molecule has 0 heterocycles. The van der Waals surface area contributed by atoms with Crippen LogP contribution in [0.25, 0.3) is 0 Å². The number of hydrogen-bond donors (Lipinski definition) is 1. The van der Waals surface area contributed by atoms with Crippen molar-refractivity contribution in [2.45, 2.75) is 23.6 Å². The quantitative estimate of drug-likeness (QED) is 0.299. The molecule has 12 heteroatoms. The Balaban J connectivity index is 3.07. The van der Waals surface area contributed by atoms with E-state index in [1.807, 2.05) is 0 Å². The van der Waals surface area contributed by atoms with Gasteiger partial charge in [0.25, 0.3) is 0 Å². The summed E-state index contributed by atoms with van der Waals surface area (Å²) in [6.07, 6.45) is -2.73. The van der Waals surface area contributed by atoms with Gasteiger partial charge in [-0.1, -0.05) is 0 Å². The molecule has 1 N–H and O–H groups in total. The van der Waals surface area contributed by atoms with Crippen LogP contribution in [0.5, 0.6) is 0 Å². The van der Waals surface area contributed by atoms with Gasteiger partial charge in [0.2, 0.25) is 0 Å². The molecule has 0 bridgehead atoms. The zero-order valence-corrected chi connectivity index (χ0v) is 14.7. The molecule has 0 saturated heterocycles. The van der Waals surface area contributed by atoms with Gasteiger partial charge in [0.1, 0.15) is 0 Å². The van der Waals surface area contributed by atoms with E-state index in [1.54, 1.807) is 0 Å². The number of alkyl halides is 1. The third-order valence-electron chi connectivity index (χ3n) is 2.58. The van der Waals surface area contributed by atoms with Gasteiger partial charge in [-0.15, -0.1) is 0 Å². The Bertz CT molecular complexity index is 692. The van der Waals surface area contributed by atoms with E-state index in [4.69, 9.17) is 49.0 Å². The summed E-state index contributed by atoms with van der Waals surface area (Å²) in [6, 6.07) is 2.20. The normalized spacial score (nSPS) is 13.9. The standard InChI is InChI=1S/C11H11B2Cl3FNO4S/c12-13-21-5-7(1-6(17)4-18)22-23(19,20)11-3-9(15)8(14)2-10(11)16/h2-4,6-7,12,18H,1,5H2/t6-,7-/m0/s1. The van der Waals surface area contributed by atoms with Gasteiger partial charge in [-0.3, -0.25) is 0 Å². The summed E-state index contributed by atoms with van der Waals surface area (Å²) in [5.41, 5.74) is 0. The zero-order valence-electron chi connectivity index (χ0n) is 11.6. The van der Waals surface area contributed by atoms with Crippen molar-refractivity contribution in [2.75, 3.05) is 6.61 Å². The van der Waals surface area contributed by atoms with Crippen molar-refractivity contribution >= 4 is 65.5 Å². The summed E-state index contributed by atoms with van der Waals surface area (Å²) in [6.45, 7) is -0.268. The first kappa shape index (κ1) is 20.6. The molecule has 1 aromatic carbocycles. The van der Waals surface area contributed by atoms with Crippen molar-refractivity contribution in [1.82, 2.24) is 0 Å². The van der Waals surface area contributed by atoms with Crippen molar-refractivity contribution in [2.24, 2.45) is 0 Å². The first-order chi connectivity index (χ1) is 10.7. The molecule has 1 rings (SSSR count). The Morgan fingerprint density at radius 1 is 1.30 bits per heavy atom. The van der Waals surface area contributed by atoms with E-state index in [-0.39, 0.29) is 21.7 Å². The topological polar surface area (TPSA) is 76.5 Å². The first-order valence-electron chi connectivity index (χ1n) is 6.16. The number of nitrogens with one attached hydrogen (secondary N) is 1. The van der Waals surface area contributed by atoms with Gasteiger partial charge in [0.05, 0.1) is 0 Å². The molecule has 5 nitrogen and oxygen atoms in total. The SMILES string of the molecule is B=BOC[C@H](C[C@H](F)C=N)OS(=O)(=O)c1cc(Cl)c(Cl)cc1Cl. The molecule has 0 fully saturated rings. The van der Waals surface area contributed by atoms with Crippen LogP contribution in [-0.2, 0) is 19.0 Å². The number of rotatable bonds is 9. The van der Waals surface area contributed by atoms with Gasteiger partial charge in [-0.25, -0.2) is 0 Å². The minimum absolute atomic E-state index is 0.0278. The van der Waals surface area contributed by atoms with Gasteiger partial charge >= 0.3 is 150 Å². The van der Waals surface area contributed by atoms with E-state index in [0.29, 0.717) is 6.21 Å². The van der Waals surface area contributed by atoms with Crippen LogP contribution < -0.4 is 0 Å². The van der Waals surface area contributed by atoms with Crippen molar-refractivity contribution in [3.8, 4) is 0 Å². The van der Waals surface area contributed by atoms with Crippen molar-refractivity contribution in [3.05, 3.63) is 27.2 Å². The van der Waals surface area contributed by atoms with Crippen molar-refractivity contribution in [3.63, 3.8) is 0 Å². The van der Waals surface area contributed by atoms with Gasteiger partial charge in [-0.2, -0.15) is 0 Å². The second-order valence-corrected chi connectivity index (χ2v) is 7.05. The van der Waals surface area contributed by atoms with Gasteiger partial charge in [0.15, 0.2) is 0 Å². The zero-order chi connectivity index (χ0) is 17.6. The molecular weight excluding hydrogens is 389 g/mol. The Morgan fingerprint density at radius 3 is 2.48 bits per heavy atom. The molecule has 0 radical (unpaired) electrons. The molecule has 0 amide bonds. The minimum atomic E-state index is -4.34. The molecular formula is C11H11B2Cl3FNO4S. The van der Waals surface area contributed by atoms with Crippen LogP contribution in [0.15, 0.2) is 17.0 Å². The summed E-state index contributed by atoms with van der Waals surface area (Å²) < 4.78 is 47.7. The predicted octanol–water partition coefficient (Wildman–Crippen LogP) is 2.55. The predicted molar refractivity (Wildman–Crippen MR) is 90.7 cm³/mol. The molecule has 0 aliphatic carbocycles. The van der Waals surface area contributed by atoms with Crippen molar-refractivity contribution < 1.29 is 21.6 Å². The van der Waals surface area contributed by atoms with Gasteiger partial charge in [0, 0.05) is 0 Å². The summed E-state index contributed by atoms with van der Waals surface area (Å²) >= 11 is 17.4. The molecule has 0 saturated carbocycles. The Hall–Kier alpha value is -0.470. The molecule has 0 aromatic heterocycles. The summed E-state index contributed by atoms with van der Waals surface area (Å²) in [5.74, 6) is 0. The molecule has 0 spiro atoms. The fourth-order valence-electron chi connectivity index (χ4n) is 1.56. The van der Waals surface area contributed by atoms with E-state index in [1.165, 1.54) is 0 Å². The fraction of sp³-hybridized carbons (Fsp3) is 0.364. The second kappa shape index (κ2) is 9.13. The molecule has 2 atom stereocenters. The Labute approximate surface area is 149 Å². The monoisotopic (exact) mass is 399 g/mol. The maximum absolute atomic E-state index is 13.3. The van der Waals surface area contributed by atoms with Crippen LogP contribution in [0.3, 0.4) is 0 Å². The average molecular weight is 400 g/mol. The van der Waals surface area contributed by atoms with E-state index >= 15 is 0 Å². The third-order valence-corrected chi connectivity index (χ3v) is 5.12. The van der Waals surface area contributed by atoms with E-state index in [9.17, 15) is 12.8 Å². The molecule has 1 aromatic rings.